The largest absolute Gasteiger partial charge is 0.394 e. The van der Waals surface area contributed by atoms with Crippen LogP contribution in [0.2, 0.25) is 0 Å². The van der Waals surface area contributed by atoms with Crippen molar-refractivity contribution in [1.82, 2.24) is 5.32 Å². The van der Waals surface area contributed by atoms with Gasteiger partial charge in [-0.05, 0) is 57.8 Å². The first-order chi connectivity index (χ1) is 46.1. The first-order valence-electron chi connectivity index (χ1n) is 39.5. The summed E-state index contributed by atoms with van der Waals surface area (Å²) in [7, 11) is 0. The highest BCUT2D eigenvalue weighted by atomic mass is 16.7. The Kier molecular flexibility index (Phi) is 59.8. The van der Waals surface area contributed by atoms with Gasteiger partial charge in [0.05, 0.1) is 32.0 Å². The van der Waals surface area contributed by atoms with Crippen LogP contribution in [0.1, 0.15) is 348 Å². The van der Waals surface area contributed by atoms with E-state index in [-0.39, 0.29) is 18.9 Å². The first-order valence-corrected chi connectivity index (χ1v) is 39.5. The standard InChI is InChI=1S/C80H147NO13/c1-3-5-7-9-11-13-15-17-19-21-23-25-27-29-31-33-34-36-38-40-42-44-46-48-50-52-54-56-58-60-62-64-72(85)81-68(67-91-79-77(90)75(88)78(71(66-83)93-79)94-80-76(89)74(87)73(86)70(65-82)92-80)69(84)63-61-59-57-55-53-51-49-47-45-43-41-39-37-35-32-30-28-26-24-22-20-18-16-14-12-10-8-6-4-2/h5,7,11,13,17,19,23,25,61,63,68-71,73-80,82-84,86-90H,3-4,6,8-10,12,14-16,18,20-22,24,26-60,62,64-67H2,1-2H3,(H,81,85)/b7-5-,13-11-,19-17-,25-23-,63-61+. The van der Waals surface area contributed by atoms with Crippen LogP contribution in [0.5, 0.6) is 0 Å². The highest BCUT2D eigenvalue weighted by molar-refractivity contribution is 5.76. The summed E-state index contributed by atoms with van der Waals surface area (Å²) in [5.41, 5.74) is 0. The molecule has 14 nitrogen and oxygen atoms in total. The minimum absolute atomic E-state index is 0.234. The van der Waals surface area contributed by atoms with E-state index in [0.29, 0.717) is 6.42 Å². The molecule has 2 fully saturated rings. The van der Waals surface area contributed by atoms with E-state index >= 15 is 0 Å². The zero-order valence-electron chi connectivity index (χ0n) is 60.2. The topological polar surface area (TPSA) is 228 Å². The van der Waals surface area contributed by atoms with Gasteiger partial charge in [-0.25, -0.2) is 0 Å². The van der Waals surface area contributed by atoms with Gasteiger partial charge in [-0.2, -0.15) is 0 Å². The zero-order valence-corrected chi connectivity index (χ0v) is 60.2. The van der Waals surface area contributed by atoms with Crippen molar-refractivity contribution < 1.29 is 64.6 Å². The van der Waals surface area contributed by atoms with Crippen LogP contribution in [-0.4, -0.2) is 140 Å². The van der Waals surface area contributed by atoms with E-state index in [1.54, 1.807) is 6.08 Å². The maximum absolute atomic E-state index is 13.4. The summed E-state index contributed by atoms with van der Waals surface area (Å²) in [6.45, 7) is 2.74. The molecule has 0 radical (unpaired) electrons. The second-order valence-electron chi connectivity index (χ2n) is 27.8. The normalized spacial score (nSPS) is 22.7. The van der Waals surface area contributed by atoms with Crippen LogP contribution < -0.4 is 5.32 Å². The van der Waals surface area contributed by atoms with Crippen molar-refractivity contribution in [3.05, 3.63) is 60.8 Å². The molecule has 0 bridgehead atoms. The molecule has 2 saturated heterocycles. The Labute approximate surface area is 575 Å². The van der Waals surface area contributed by atoms with Gasteiger partial charge < -0.3 is 65.1 Å². The number of carbonyl (C=O) groups excluding carboxylic acids is 1. The summed E-state index contributed by atoms with van der Waals surface area (Å²) in [6.07, 6.45) is 70.1. The molecule has 0 aliphatic carbocycles. The fraction of sp³-hybridized carbons (Fsp3) is 0.863. The molecule has 2 rings (SSSR count). The number of unbranched alkanes of at least 4 members (excludes halogenated alkanes) is 45. The molecule has 2 heterocycles. The van der Waals surface area contributed by atoms with E-state index in [1.807, 2.05) is 6.08 Å². The third-order valence-electron chi connectivity index (χ3n) is 19.2. The summed E-state index contributed by atoms with van der Waals surface area (Å²) < 4.78 is 22.9. The molecule has 2 aliphatic heterocycles. The van der Waals surface area contributed by atoms with E-state index in [9.17, 15) is 45.6 Å². The van der Waals surface area contributed by atoms with Gasteiger partial charge >= 0.3 is 0 Å². The molecule has 550 valence electrons. The Bertz CT molecular complexity index is 1810. The Hall–Kier alpha value is -2.31. The van der Waals surface area contributed by atoms with Gasteiger partial charge in [0.25, 0.3) is 0 Å². The van der Waals surface area contributed by atoms with Crippen molar-refractivity contribution >= 4 is 5.91 Å². The molecular formula is C80H147NO13. The number of rotatable bonds is 66. The van der Waals surface area contributed by atoms with Crippen molar-refractivity contribution in [3.8, 4) is 0 Å². The number of allylic oxidation sites excluding steroid dienone is 9. The molecular weight excluding hydrogens is 1180 g/mol. The lowest BCUT2D eigenvalue weighted by molar-refractivity contribution is -0.359. The fourth-order valence-corrected chi connectivity index (χ4v) is 13.0. The predicted molar refractivity (Wildman–Crippen MR) is 387 cm³/mol. The number of amides is 1. The van der Waals surface area contributed by atoms with Gasteiger partial charge in [-0.15, -0.1) is 0 Å². The summed E-state index contributed by atoms with van der Waals surface area (Å²) >= 11 is 0. The van der Waals surface area contributed by atoms with Gasteiger partial charge in [-0.1, -0.05) is 344 Å². The number of aliphatic hydroxyl groups is 8. The fourth-order valence-electron chi connectivity index (χ4n) is 13.0. The molecule has 12 atom stereocenters. The predicted octanol–water partition coefficient (Wildman–Crippen LogP) is 17.6. The van der Waals surface area contributed by atoms with Crippen LogP contribution in [0.15, 0.2) is 60.8 Å². The van der Waals surface area contributed by atoms with E-state index in [2.05, 4.69) is 67.8 Å². The van der Waals surface area contributed by atoms with Crippen LogP contribution in [0, 0.1) is 0 Å². The minimum atomic E-state index is -1.79. The number of hydrogen-bond acceptors (Lipinski definition) is 13. The molecule has 0 spiro atoms. The molecule has 2 aliphatic rings. The number of aliphatic hydroxyl groups excluding tert-OH is 8. The number of carbonyl (C=O) groups is 1. The average molecular weight is 1330 g/mol. The second kappa shape index (κ2) is 64.1. The Morgan fingerprint density at radius 2 is 0.734 bits per heavy atom. The smallest absolute Gasteiger partial charge is 0.220 e. The van der Waals surface area contributed by atoms with Crippen molar-refractivity contribution in [1.29, 1.82) is 0 Å². The van der Waals surface area contributed by atoms with E-state index in [0.717, 1.165) is 64.2 Å². The molecule has 0 saturated carbocycles. The number of hydrogen-bond donors (Lipinski definition) is 9. The molecule has 0 aromatic heterocycles. The lowest BCUT2D eigenvalue weighted by Gasteiger charge is -2.46. The summed E-state index contributed by atoms with van der Waals surface area (Å²) in [5.74, 6) is -0.234. The zero-order chi connectivity index (χ0) is 68.0. The van der Waals surface area contributed by atoms with Gasteiger partial charge in [0, 0.05) is 6.42 Å². The monoisotopic (exact) mass is 1330 g/mol. The highest BCUT2D eigenvalue weighted by Gasteiger charge is 2.51. The molecule has 0 aromatic carbocycles. The highest BCUT2D eigenvalue weighted by Crippen LogP contribution is 2.30. The molecule has 12 unspecified atom stereocenters. The van der Waals surface area contributed by atoms with Crippen LogP contribution in [0.25, 0.3) is 0 Å². The second-order valence-corrected chi connectivity index (χ2v) is 27.8. The molecule has 0 aromatic rings. The maximum Gasteiger partial charge on any atom is 0.220 e. The average Bonchev–Trinajstić information content (AvgIpc) is 0.794. The number of ether oxygens (including phenoxy) is 4. The summed E-state index contributed by atoms with van der Waals surface area (Å²) in [4.78, 5) is 13.4. The Morgan fingerprint density at radius 3 is 1.13 bits per heavy atom. The van der Waals surface area contributed by atoms with Gasteiger partial charge in [0.15, 0.2) is 12.6 Å². The first kappa shape index (κ1) is 87.8. The minimum Gasteiger partial charge on any atom is -0.394 e. The third kappa shape index (κ3) is 46.9. The van der Waals surface area contributed by atoms with Crippen molar-refractivity contribution in [2.75, 3.05) is 19.8 Å². The third-order valence-corrected chi connectivity index (χ3v) is 19.2. The van der Waals surface area contributed by atoms with Crippen LogP contribution in [0.3, 0.4) is 0 Å². The summed E-state index contributed by atoms with van der Waals surface area (Å²) in [6, 6.07) is -0.917. The SMILES string of the molecule is CC/C=C\C/C=C\C/C=C\C/C=C\CCCCCCCCCCCCCCCCCCCCC(=O)NC(COC1OC(CO)C(OC2OC(CO)C(O)C(O)C2O)C(O)C1O)C(O)/C=C/CCCCCCCCCCCCCCCCCCCCCCCCCCCCC. The van der Waals surface area contributed by atoms with Crippen molar-refractivity contribution in [3.63, 3.8) is 0 Å². The lowest BCUT2D eigenvalue weighted by Crippen LogP contribution is -2.65. The molecule has 9 N–H and O–H groups in total. The maximum atomic E-state index is 13.4. The van der Waals surface area contributed by atoms with Gasteiger partial charge in [0.1, 0.15) is 48.8 Å². The Morgan fingerprint density at radius 1 is 0.394 bits per heavy atom. The van der Waals surface area contributed by atoms with Crippen molar-refractivity contribution in [2.45, 2.75) is 421 Å². The van der Waals surface area contributed by atoms with E-state index in [1.165, 1.54) is 257 Å². The van der Waals surface area contributed by atoms with E-state index in [4.69, 9.17) is 18.9 Å². The van der Waals surface area contributed by atoms with Crippen LogP contribution in [-0.2, 0) is 23.7 Å². The number of nitrogens with one attached hydrogen (secondary N) is 1. The summed E-state index contributed by atoms with van der Waals surface area (Å²) in [5, 5.41) is 87.7. The van der Waals surface area contributed by atoms with Gasteiger partial charge in [-0.3, -0.25) is 4.79 Å². The lowest BCUT2D eigenvalue weighted by atomic mass is 9.97. The molecule has 94 heavy (non-hydrogen) atoms. The molecule has 14 heteroatoms. The quantitative estimate of drug-likeness (QED) is 0.0204. The van der Waals surface area contributed by atoms with Crippen LogP contribution >= 0.6 is 0 Å². The van der Waals surface area contributed by atoms with Crippen molar-refractivity contribution in [2.24, 2.45) is 0 Å². The van der Waals surface area contributed by atoms with Gasteiger partial charge in [0.2, 0.25) is 5.91 Å². The van der Waals surface area contributed by atoms with E-state index < -0.39 is 86.8 Å². The van der Waals surface area contributed by atoms with Crippen LogP contribution in [0.4, 0.5) is 0 Å². The Balaban J connectivity index is 1.63. The molecule has 1 amide bonds.